The summed E-state index contributed by atoms with van der Waals surface area (Å²) >= 11 is 0. The van der Waals surface area contributed by atoms with Crippen LogP contribution in [0.15, 0.2) is 24.3 Å². The summed E-state index contributed by atoms with van der Waals surface area (Å²) in [7, 11) is 6.28. The summed E-state index contributed by atoms with van der Waals surface area (Å²) in [6.45, 7) is 11.2. The third-order valence-corrected chi connectivity index (χ3v) is 4.96. The van der Waals surface area contributed by atoms with Gasteiger partial charge in [0.2, 0.25) is 5.91 Å². The van der Waals surface area contributed by atoms with Crippen LogP contribution in [0.1, 0.15) is 38.8 Å². The molecule has 5 heteroatoms. The molecule has 0 aromatic heterocycles. The molecule has 5 nitrogen and oxygen atoms in total. The van der Waals surface area contributed by atoms with Crippen molar-refractivity contribution in [3.63, 3.8) is 0 Å². The molecular weight excluding hydrogens is 324 g/mol. The zero-order valence-corrected chi connectivity index (χ0v) is 17.4. The molecule has 0 spiro atoms. The summed E-state index contributed by atoms with van der Waals surface area (Å²) in [5.41, 5.74) is 2.49. The van der Waals surface area contributed by atoms with E-state index in [2.05, 4.69) is 86.2 Å². The van der Waals surface area contributed by atoms with E-state index in [1.807, 2.05) is 0 Å². The predicted molar refractivity (Wildman–Crippen MR) is 110 cm³/mol. The van der Waals surface area contributed by atoms with Crippen molar-refractivity contribution in [2.24, 2.45) is 5.41 Å². The summed E-state index contributed by atoms with van der Waals surface area (Å²) in [6, 6.07) is 8.96. The lowest BCUT2D eigenvalue weighted by Gasteiger charge is -2.38. The first-order chi connectivity index (χ1) is 12.2. The topological polar surface area (TPSA) is 38.8 Å². The van der Waals surface area contributed by atoms with E-state index in [9.17, 15) is 4.79 Å². The SMILES string of the molecule is CN1CCN(C(CNC(=O)CC(C)(C)C)c2ccc(N(C)C)cc2)CC1. The molecule has 1 aromatic rings. The minimum Gasteiger partial charge on any atom is -0.378 e. The average molecular weight is 361 g/mol. The largest absolute Gasteiger partial charge is 0.378 e. The van der Waals surface area contributed by atoms with Crippen molar-refractivity contribution in [3.05, 3.63) is 29.8 Å². The van der Waals surface area contributed by atoms with Crippen molar-refractivity contribution >= 4 is 11.6 Å². The van der Waals surface area contributed by atoms with E-state index >= 15 is 0 Å². The van der Waals surface area contributed by atoms with Gasteiger partial charge in [-0.25, -0.2) is 0 Å². The summed E-state index contributed by atoms with van der Waals surface area (Å²) in [6.07, 6.45) is 0.558. The first-order valence-corrected chi connectivity index (χ1v) is 9.62. The number of nitrogens with zero attached hydrogens (tertiary/aromatic N) is 3. The van der Waals surface area contributed by atoms with Crippen LogP contribution in [0, 0.1) is 5.41 Å². The molecule has 0 aliphatic carbocycles. The molecule has 1 saturated heterocycles. The van der Waals surface area contributed by atoms with Crippen molar-refractivity contribution in [2.45, 2.75) is 33.2 Å². The minimum absolute atomic E-state index is 0.0147. The second-order valence-corrected chi connectivity index (χ2v) is 8.88. The van der Waals surface area contributed by atoms with E-state index in [0.717, 1.165) is 26.2 Å². The summed E-state index contributed by atoms with van der Waals surface area (Å²) < 4.78 is 0. The zero-order valence-electron chi connectivity index (χ0n) is 17.4. The number of carbonyl (C=O) groups excluding carboxylic acids is 1. The molecule has 2 rings (SSSR count). The lowest BCUT2D eigenvalue weighted by Crippen LogP contribution is -2.48. The molecule has 1 unspecified atom stereocenters. The Morgan fingerprint density at radius 1 is 1.12 bits per heavy atom. The van der Waals surface area contributed by atoms with Crippen LogP contribution in [0.5, 0.6) is 0 Å². The molecule has 0 bridgehead atoms. The van der Waals surface area contributed by atoms with Crippen LogP contribution >= 0.6 is 0 Å². The number of piperazine rings is 1. The van der Waals surface area contributed by atoms with Gasteiger partial charge in [0, 0.05) is 58.9 Å². The maximum atomic E-state index is 12.3. The quantitative estimate of drug-likeness (QED) is 0.846. The van der Waals surface area contributed by atoms with E-state index in [4.69, 9.17) is 0 Å². The Bertz CT molecular complexity index is 569. The van der Waals surface area contributed by atoms with Gasteiger partial charge in [-0.15, -0.1) is 0 Å². The Morgan fingerprint density at radius 3 is 2.19 bits per heavy atom. The van der Waals surface area contributed by atoms with E-state index in [0.29, 0.717) is 13.0 Å². The van der Waals surface area contributed by atoms with Gasteiger partial charge in [-0.05, 0) is 30.2 Å². The lowest BCUT2D eigenvalue weighted by molar-refractivity contribution is -0.123. The monoisotopic (exact) mass is 360 g/mol. The van der Waals surface area contributed by atoms with Gasteiger partial charge >= 0.3 is 0 Å². The molecule has 1 fully saturated rings. The molecule has 0 saturated carbocycles. The molecule has 1 heterocycles. The highest BCUT2D eigenvalue weighted by atomic mass is 16.1. The van der Waals surface area contributed by atoms with Crippen LogP contribution in [0.25, 0.3) is 0 Å². The van der Waals surface area contributed by atoms with Gasteiger partial charge < -0.3 is 15.1 Å². The normalized spacial score (nSPS) is 17.8. The van der Waals surface area contributed by atoms with Gasteiger partial charge in [0.15, 0.2) is 0 Å². The van der Waals surface area contributed by atoms with E-state index in [1.54, 1.807) is 0 Å². The van der Waals surface area contributed by atoms with E-state index in [1.165, 1.54) is 11.3 Å². The number of amides is 1. The van der Waals surface area contributed by atoms with Crippen LogP contribution in [0.3, 0.4) is 0 Å². The summed E-state index contributed by atoms with van der Waals surface area (Å²) in [5.74, 6) is 0.140. The molecule has 146 valence electrons. The van der Waals surface area contributed by atoms with Crippen molar-refractivity contribution < 1.29 is 4.79 Å². The first kappa shape index (κ1) is 20.7. The highest BCUT2D eigenvalue weighted by Crippen LogP contribution is 2.24. The molecule has 1 aromatic carbocycles. The fourth-order valence-electron chi connectivity index (χ4n) is 3.34. The van der Waals surface area contributed by atoms with Crippen LogP contribution in [0.4, 0.5) is 5.69 Å². The zero-order chi connectivity index (χ0) is 19.3. The standard InChI is InChI=1S/C21H36N4O/c1-21(2,3)15-20(26)22-16-19(25-13-11-24(6)12-14-25)17-7-9-18(10-8-17)23(4)5/h7-10,19H,11-16H2,1-6H3,(H,22,26). The molecule has 26 heavy (non-hydrogen) atoms. The number of carbonyl (C=O) groups is 1. The van der Waals surface area contributed by atoms with Gasteiger partial charge in [-0.2, -0.15) is 0 Å². The van der Waals surface area contributed by atoms with Gasteiger partial charge in [0.05, 0.1) is 6.04 Å². The van der Waals surface area contributed by atoms with Crippen LogP contribution in [-0.4, -0.2) is 69.6 Å². The Labute approximate surface area is 159 Å². The predicted octanol–water partition coefficient (Wildman–Crippen LogP) is 2.59. The summed E-state index contributed by atoms with van der Waals surface area (Å²) in [4.78, 5) is 19.3. The van der Waals surface area contributed by atoms with Crippen LogP contribution < -0.4 is 10.2 Å². The van der Waals surface area contributed by atoms with Crippen molar-refractivity contribution in [3.8, 4) is 0 Å². The van der Waals surface area contributed by atoms with Crippen molar-refractivity contribution in [1.82, 2.24) is 15.1 Å². The second-order valence-electron chi connectivity index (χ2n) is 8.88. The van der Waals surface area contributed by atoms with Gasteiger partial charge in [-0.3, -0.25) is 9.69 Å². The fraction of sp³-hybridized carbons (Fsp3) is 0.667. The van der Waals surface area contributed by atoms with Gasteiger partial charge in [0.25, 0.3) is 0 Å². The van der Waals surface area contributed by atoms with Gasteiger partial charge in [0.1, 0.15) is 0 Å². The fourth-order valence-corrected chi connectivity index (χ4v) is 3.34. The third-order valence-electron chi connectivity index (χ3n) is 4.96. The number of rotatable bonds is 6. The first-order valence-electron chi connectivity index (χ1n) is 9.62. The number of hydrogen-bond donors (Lipinski definition) is 1. The number of benzene rings is 1. The molecule has 1 N–H and O–H groups in total. The summed E-state index contributed by atoms with van der Waals surface area (Å²) in [5, 5.41) is 3.18. The van der Waals surface area contributed by atoms with E-state index in [-0.39, 0.29) is 17.4 Å². The highest BCUT2D eigenvalue weighted by Gasteiger charge is 2.25. The molecule has 0 radical (unpaired) electrons. The molecule has 1 aliphatic heterocycles. The number of likely N-dealkylation sites (N-methyl/N-ethyl adjacent to an activating group) is 1. The van der Waals surface area contributed by atoms with E-state index < -0.39 is 0 Å². The minimum atomic E-state index is 0.0147. The number of nitrogens with one attached hydrogen (secondary N) is 1. The van der Waals surface area contributed by atoms with Crippen LogP contribution in [-0.2, 0) is 4.79 Å². The third kappa shape index (κ3) is 6.29. The smallest absolute Gasteiger partial charge is 0.220 e. The van der Waals surface area contributed by atoms with Crippen molar-refractivity contribution in [2.75, 3.05) is 58.8 Å². The Kier molecular flexibility index (Phi) is 7.07. The molecule has 1 atom stereocenters. The Hall–Kier alpha value is -1.59. The van der Waals surface area contributed by atoms with Crippen LogP contribution in [0.2, 0.25) is 0 Å². The molecular formula is C21H36N4O. The van der Waals surface area contributed by atoms with Gasteiger partial charge in [-0.1, -0.05) is 32.9 Å². The number of hydrogen-bond acceptors (Lipinski definition) is 4. The average Bonchev–Trinajstić information content (AvgIpc) is 2.55. The lowest BCUT2D eigenvalue weighted by atomic mass is 9.92. The van der Waals surface area contributed by atoms with Crippen molar-refractivity contribution in [1.29, 1.82) is 0 Å². The Balaban J connectivity index is 2.10. The highest BCUT2D eigenvalue weighted by molar-refractivity contribution is 5.76. The molecule has 1 aliphatic rings. The number of anilines is 1. The maximum absolute atomic E-state index is 12.3. The maximum Gasteiger partial charge on any atom is 0.220 e. The Morgan fingerprint density at radius 2 is 1.69 bits per heavy atom. The molecule has 1 amide bonds. The second kappa shape index (κ2) is 8.87.